The van der Waals surface area contributed by atoms with E-state index in [1.807, 2.05) is 29.6 Å². The summed E-state index contributed by atoms with van der Waals surface area (Å²) in [5, 5.41) is 6.21. The second-order valence-corrected chi connectivity index (χ2v) is 7.51. The average Bonchev–Trinajstić information content (AvgIpc) is 3.33. The highest BCUT2D eigenvalue weighted by Crippen LogP contribution is 2.30. The van der Waals surface area contributed by atoms with Gasteiger partial charge in [0.25, 0.3) is 5.91 Å². The molecule has 0 radical (unpaired) electrons. The van der Waals surface area contributed by atoms with E-state index in [4.69, 9.17) is 11.6 Å². The quantitative estimate of drug-likeness (QED) is 0.685. The number of amides is 2. The normalized spacial score (nSPS) is 13.8. The molecule has 1 aliphatic rings. The van der Waals surface area contributed by atoms with Gasteiger partial charge in [0.05, 0.1) is 11.3 Å². The molecular formula is C20H16ClN3O2S. The van der Waals surface area contributed by atoms with Gasteiger partial charge in [-0.05, 0) is 36.8 Å². The molecule has 0 aliphatic carbocycles. The van der Waals surface area contributed by atoms with E-state index in [0.29, 0.717) is 34.9 Å². The van der Waals surface area contributed by atoms with Crippen LogP contribution < -0.4 is 10.2 Å². The van der Waals surface area contributed by atoms with Crippen LogP contribution in [0.1, 0.15) is 23.2 Å². The molecule has 1 aromatic heterocycles. The van der Waals surface area contributed by atoms with Crippen LogP contribution >= 0.6 is 22.9 Å². The van der Waals surface area contributed by atoms with Gasteiger partial charge in [0.15, 0.2) is 0 Å². The maximum absolute atomic E-state index is 12.9. The highest BCUT2D eigenvalue weighted by molar-refractivity contribution is 7.13. The highest BCUT2D eigenvalue weighted by Gasteiger charge is 2.26. The zero-order chi connectivity index (χ0) is 18.8. The second-order valence-electron chi connectivity index (χ2n) is 6.18. The van der Waals surface area contributed by atoms with Crippen molar-refractivity contribution in [2.75, 3.05) is 16.8 Å². The first-order chi connectivity index (χ1) is 13.1. The molecular weight excluding hydrogens is 382 g/mol. The summed E-state index contributed by atoms with van der Waals surface area (Å²) < 4.78 is 0. The number of carbonyl (C=O) groups is 2. The number of benzene rings is 2. The molecule has 0 bridgehead atoms. The molecule has 1 saturated heterocycles. The summed E-state index contributed by atoms with van der Waals surface area (Å²) in [7, 11) is 0. The van der Waals surface area contributed by atoms with Crippen LogP contribution in [0.25, 0.3) is 10.6 Å². The number of aromatic nitrogens is 1. The molecule has 0 spiro atoms. The van der Waals surface area contributed by atoms with Crippen molar-refractivity contribution in [2.45, 2.75) is 12.8 Å². The number of carbonyl (C=O) groups excluding carboxylic acids is 2. The van der Waals surface area contributed by atoms with Crippen LogP contribution in [-0.4, -0.2) is 23.3 Å². The Hall–Kier alpha value is -2.70. The van der Waals surface area contributed by atoms with Crippen molar-refractivity contribution in [1.29, 1.82) is 0 Å². The fraction of sp³-hybridized carbons (Fsp3) is 0.150. The summed E-state index contributed by atoms with van der Waals surface area (Å²) in [6.45, 7) is 0.596. The molecule has 2 heterocycles. The summed E-state index contributed by atoms with van der Waals surface area (Å²) in [6.07, 6.45) is 3.02. The Kier molecular flexibility index (Phi) is 4.92. The van der Waals surface area contributed by atoms with E-state index >= 15 is 0 Å². The molecule has 5 nitrogen and oxygen atoms in total. The topological polar surface area (TPSA) is 62.3 Å². The third kappa shape index (κ3) is 3.72. The van der Waals surface area contributed by atoms with E-state index in [-0.39, 0.29) is 11.8 Å². The van der Waals surface area contributed by atoms with E-state index in [2.05, 4.69) is 10.3 Å². The Bertz CT molecular complexity index is 1000. The third-order valence-electron chi connectivity index (χ3n) is 4.37. The largest absolute Gasteiger partial charge is 0.322 e. The number of hydrogen-bond acceptors (Lipinski definition) is 4. The standard InChI is InChI=1S/C20H16ClN3O2S/c21-14-6-7-16(17(12-14)24-9-2-5-18(24)25)19(26)23-15-4-1-3-13(11-15)20-22-8-10-27-20/h1,3-4,6-8,10-12H,2,5,9H2,(H,23,26). The van der Waals surface area contributed by atoms with Crippen molar-refractivity contribution >= 4 is 46.1 Å². The first-order valence-electron chi connectivity index (χ1n) is 8.53. The Balaban J connectivity index is 1.62. The molecule has 3 aromatic rings. The number of anilines is 2. The molecule has 4 rings (SSSR count). The molecule has 7 heteroatoms. The van der Waals surface area contributed by atoms with Crippen LogP contribution in [0.4, 0.5) is 11.4 Å². The number of nitrogens with zero attached hydrogens (tertiary/aromatic N) is 2. The van der Waals surface area contributed by atoms with E-state index in [9.17, 15) is 9.59 Å². The molecule has 1 fully saturated rings. The van der Waals surface area contributed by atoms with Gasteiger partial charge in [-0.15, -0.1) is 11.3 Å². The Labute approximate surface area is 165 Å². The van der Waals surface area contributed by atoms with Crippen LogP contribution in [0.3, 0.4) is 0 Å². The zero-order valence-electron chi connectivity index (χ0n) is 14.3. The zero-order valence-corrected chi connectivity index (χ0v) is 15.9. The predicted octanol–water partition coefficient (Wildman–Crippen LogP) is 4.84. The smallest absolute Gasteiger partial charge is 0.257 e. The summed E-state index contributed by atoms with van der Waals surface area (Å²) >= 11 is 7.65. The third-order valence-corrected chi connectivity index (χ3v) is 5.43. The monoisotopic (exact) mass is 397 g/mol. The van der Waals surface area contributed by atoms with Gasteiger partial charge < -0.3 is 10.2 Å². The van der Waals surface area contributed by atoms with Crippen LogP contribution in [0.15, 0.2) is 54.0 Å². The van der Waals surface area contributed by atoms with Gasteiger partial charge in [-0.25, -0.2) is 4.98 Å². The van der Waals surface area contributed by atoms with Gasteiger partial charge in [0.2, 0.25) is 5.91 Å². The molecule has 136 valence electrons. The van der Waals surface area contributed by atoms with E-state index in [1.54, 1.807) is 29.3 Å². The number of hydrogen-bond donors (Lipinski definition) is 1. The van der Waals surface area contributed by atoms with Crippen molar-refractivity contribution in [3.05, 3.63) is 64.6 Å². The van der Waals surface area contributed by atoms with Crippen molar-refractivity contribution in [2.24, 2.45) is 0 Å². The van der Waals surface area contributed by atoms with Crippen LogP contribution in [0.2, 0.25) is 5.02 Å². The first-order valence-corrected chi connectivity index (χ1v) is 9.79. The van der Waals surface area contributed by atoms with Crippen molar-refractivity contribution < 1.29 is 9.59 Å². The maximum Gasteiger partial charge on any atom is 0.257 e. The summed E-state index contributed by atoms with van der Waals surface area (Å²) in [5.41, 5.74) is 2.59. The van der Waals surface area contributed by atoms with Crippen molar-refractivity contribution in [1.82, 2.24) is 4.98 Å². The fourth-order valence-corrected chi connectivity index (χ4v) is 3.92. The van der Waals surface area contributed by atoms with Gasteiger partial charge >= 0.3 is 0 Å². The van der Waals surface area contributed by atoms with Gasteiger partial charge in [-0.1, -0.05) is 23.7 Å². The lowest BCUT2D eigenvalue weighted by Gasteiger charge is -2.20. The predicted molar refractivity (Wildman–Crippen MR) is 109 cm³/mol. The molecule has 0 saturated carbocycles. The minimum Gasteiger partial charge on any atom is -0.322 e. The van der Waals surface area contributed by atoms with E-state index in [0.717, 1.165) is 17.0 Å². The lowest BCUT2D eigenvalue weighted by Crippen LogP contribution is -2.27. The molecule has 2 aromatic carbocycles. The molecule has 27 heavy (non-hydrogen) atoms. The maximum atomic E-state index is 12.9. The van der Waals surface area contributed by atoms with E-state index in [1.165, 1.54) is 11.3 Å². The summed E-state index contributed by atoms with van der Waals surface area (Å²) in [6, 6.07) is 12.5. The van der Waals surface area contributed by atoms with Crippen LogP contribution in [0.5, 0.6) is 0 Å². The Morgan fingerprint density at radius 3 is 2.85 bits per heavy atom. The lowest BCUT2D eigenvalue weighted by molar-refractivity contribution is -0.117. The Morgan fingerprint density at radius 2 is 2.11 bits per heavy atom. The van der Waals surface area contributed by atoms with Crippen LogP contribution in [-0.2, 0) is 4.79 Å². The number of thiazole rings is 1. The minimum atomic E-state index is -0.280. The summed E-state index contributed by atoms with van der Waals surface area (Å²) in [4.78, 5) is 31.0. The first kappa shape index (κ1) is 17.7. The fourth-order valence-electron chi connectivity index (χ4n) is 3.12. The molecule has 1 N–H and O–H groups in total. The number of halogens is 1. The molecule has 0 atom stereocenters. The Morgan fingerprint density at radius 1 is 1.22 bits per heavy atom. The number of nitrogens with one attached hydrogen (secondary N) is 1. The number of rotatable bonds is 4. The van der Waals surface area contributed by atoms with Gasteiger partial charge in [0.1, 0.15) is 5.01 Å². The van der Waals surface area contributed by atoms with Gasteiger partial charge in [-0.3, -0.25) is 9.59 Å². The van der Waals surface area contributed by atoms with Gasteiger partial charge in [-0.2, -0.15) is 0 Å². The lowest BCUT2D eigenvalue weighted by atomic mass is 10.1. The highest BCUT2D eigenvalue weighted by atomic mass is 35.5. The van der Waals surface area contributed by atoms with Gasteiger partial charge in [0, 0.05) is 40.8 Å². The van der Waals surface area contributed by atoms with Crippen molar-refractivity contribution in [3.63, 3.8) is 0 Å². The minimum absolute atomic E-state index is 0.0112. The summed E-state index contributed by atoms with van der Waals surface area (Å²) in [5.74, 6) is -0.269. The molecule has 0 unspecified atom stereocenters. The SMILES string of the molecule is O=C(Nc1cccc(-c2nccs2)c1)c1ccc(Cl)cc1N1CCCC1=O. The van der Waals surface area contributed by atoms with Crippen LogP contribution in [0, 0.1) is 0 Å². The van der Waals surface area contributed by atoms with E-state index < -0.39 is 0 Å². The average molecular weight is 398 g/mol. The molecule has 1 aliphatic heterocycles. The molecule has 2 amide bonds. The van der Waals surface area contributed by atoms with Crippen molar-refractivity contribution in [3.8, 4) is 10.6 Å². The second kappa shape index (κ2) is 7.50.